The summed E-state index contributed by atoms with van der Waals surface area (Å²) >= 11 is 7.30. The highest BCUT2D eigenvalue weighted by Gasteiger charge is 2.36. The molecule has 204 valence electrons. The molecular formula is C27H32ClN3O5S2. The molecule has 0 aliphatic carbocycles. The molecule has 2 amide bonds. The average Bonchev–Trinajstić information content (AvgIpc) is 3.32. The Balaban J connectivity index is 1.39. The number of hydrogen-bond acceptors (Lipinski definition) is 6. The molecule has 2 heterocycles. The Morgan fingerprint density at radius 3 is 2.55 bits per heavy atom. The fourth-order valence-electron chi connectivity index (χ4n) is 4.36. The van der Waals surface area contributed by atoms with E-state index in [4.69, 9.17) is 16.3 Å². The lowest BCUT2D eigenvalue weighted by atomic mass is 10.0. The smallest absolute Gasteiger partial charge is 0.262 e. The van der Waals surface area contributed by atoms with Crippen molar-refractivity contribution in [1.29, 1.82) is 0 Å². The number of halogens is 1. The summed E-state index contributed by atoms with van der Waals surface area (Å²) in [6.07, 6.45) is -0.0718. The van der Waals surface area contributed by atoms with Crippen molar-refractivity contribution < 1.29 is 22.7 Å². The Morgan fingerprint density at radius 1 is 1.16 bits per heavy atom. The summed E-state index contributed by atoms with van der Waals surface area (Å²) in [6.45, 7) is 6.16. The number of fused-ring (bicyclic) bond motifs is 1. The van der Waals surface area contributed by atoms with Gasteiger partial charge >= 0.3 is 0 Å². The number of thiophene rings is 1. The predicted octanol–water partition coefficient (Wildman–Crippen LogP) is 4.29. The highest BCUT2D eigenvalue weighted by Crippen LogP contribution is 2.26. The van der Waals surface area contributed by atoms with Gasteiger partial charge in [0.05, 0.1) is 22.5 Å². The Kier molecular flexibility index (Phi) is 9.10. The van der Waals surface area contributed by atoms with Crippen molar-refractivity contribution >= 4 is 54.9 Å². The number of rotatable bonds is 9. The second-order valence-electron chi connectivity index (χ2n) is 9.88. The highest BCUT2D eigenvalue weighted by molar-refractivity contribution is 7.89. The van der Waals surface area contributed by atoms with Gasteiger partial charge in [-0.25, -0.2) is 8.42 Å². The number of amides is 2. The van der Waals surface area contributed by atoms with E-state index in [-0.39, 0.29) is 48.4 Å². The number of nitrogens with zero attached hydrogens (tertiary/aromatic N) is 1. The number of ether oxygens (including phenoxy) is 1. The molecule has 1 unspecified atom stereocenters. The summed E-state index contributed by atoms with van der Waals surface area (Å²) in [4.78, 5) is 26.8. The minimum atomic E-state index is -3.76. The lowest BCUT2D eigenvalue weighted by molar-refractivity contribution is -0.124. The maximum Gasteiger partial charge on any atom is 0.262 e. The molecule has 1 fully saturated rings. The summed E-state index contributed by atoms with van der Waals surface area (Å²) in [5, 5.41) is 7.18. The molecule has 0 radical (unpaired) electrons. The van der Waals surface area contributed by atoms with E-state index in [1.54, 1.807) is 19.1 Å². The van der Waals surface area contributed by atoms with E-state index in [9.17, 15) is 18.0 Å². The molecule has 2 aromatic carbocycles. The Morgan fingerprint density at radius 2 is 1.87 bits per heavy atom. The first-order chi connectivity index (χ1) is 18.0. The van der Waals surface area contributed by atoms with Crippen molar-refractivity contribution in [3.05, 3.63) is 64.5 Å². The fraction of sp³-hybridized carbons (Fsp3) is 0.407. The lowest BCUT2D eigenvalue weighted by Gasteiger charge is -2.37. The maximum atomic E-state index is 13.2. The molecule has 1 aromatic heterocycles. The molecule has 1 aliphatic heterocycles. The van der Waals surface area contributed by atoms with Gasteiger partial charge < -0.3 is 15.4 Å². The van der Waals surface area contributed by atoms with Crippen molar-refractivity contribution in [2.24, 2.45) is 5.92 Å². The zero-order valence-corrected chi connectivity index (χ0v) is 23.9. The molecule has 1 aliphatic rings. The SMILES string of the molecule is CC(C)C[C@H](NC(=O)c1cc2ccccc2s1)C(=O)NCC1CN(S(=O)(=O)c2ccc(Cl)cc2)[C@H](C)CO1. The Labute approximate surface area is 232 Å². The normalized spacial score (nSPS) is 19.4. The Hall–Kier alpha value is -2.50. The molecule has 38 heavy (non-hydrogen) atoms. The molecule has 0 saturated carbocycles. The number of hydrogen-bond donors (Lipinski definition) is 2. The van der Waals surface area contributed by atoms with Crippen molar-refractivity contribution in [2.45, 2.75) is 50.3 Å². The second-order valence-corrected chi connectivity index (χ2v) is 13.3. The topological polar surface area (TPSA) is 105 Å². The number of nitrogens with one attached hydrogen (secondary N) is 2. The van der Waals surface area contributed by atoms with Crippen molar-refractivity contribution in [3.63, 3.8) is 0 Å². The van der Waals surface area contributed by atoms with Crippen LogP contribution in [-0.2, 0) is 19.6 Å². The summed E-state index contributed by atoms with van der Waals surface area (Å²) in [6, 6.07) is 14.5. The first-order valence-electron chi connectivity index (χ1n) is 12.5. The second kappa shape index (κ2) is 12.1. The fourth-order valence-corrected chi connectivity index (χ4v) is 7.10. The molecule has 3 aromatic rings. The van der Waals surface area contributed by atoms with Crippen LogP contribution in [0.15, 0.2) is 59.5 Å². The van der Waals surface area contributed by atoms with Crippen molar-refractivity contribution in [2.75, 3.05) is 19.7 Å². The molecule has 2 N–H and O–H groups in total. The van der Waals surface area contributed by atoms with Gasteiger partial charge in [0.25, 0.3) is 5.91 Å². The third kappa shape index (κ3) is 6.73. The summed E-state index contributed by atoms with van der Waals surface area (Å²) in [5.74, 6) is -0.460. The van der Waals surface area contributed by atoms with Crippen LogP contribution in [0, 0.1) is 5.92 Å². The van der Waals surface area contributed by atoms with Gasteiger partial charge in [-0.15, -0.1) is 11.3 Å². The third-order valence-corrected chi connectivity index (χ3v) is 9.71. The quantitative estimate of drug-likeness (QED) is 0.395. The first-order valence-corrected chi connectivity index (χ1v) is 15.1. The van der Waals surface area contributed by atoms with Crippen LogP contribution in [0.25, 0.3) is 10.1 Å². The molecule has 4 rings (SSSR count). The van der Waals surface area contributed by atoms with E-state index in [0.717, 1.165) is 10.1 Å². The summed E-state index contributed by atoms with van der Waals surface area (Å²) in [5.41, 5.74) is 0. The van der Waals surface area contributed by atoms with Crippen LogP contribution in [0.4, 0.5) is 0 Å². The van der Waals surface area contributed by atoms with Crippen LogP contribution in [0.3, 0.4) is 0 Å². The summed E-state index contributed by atoms with van der Waals surface area (Å²) < 4.78 is 34.7. The monoisotopic (exact) mass is 577 g/mol. The average molecular weight is 578 g/mol. The van der Waals surface area contributed by atoms with E-state index in [0.29, 0.717) is 16.3 Å². The van der Waals surface area contributed by atoms with Gasteiger partial charge in [-0.1, -0.05) is 43.6 Å². The molecule has 1 saturated heterocycles. The van der Waals surface area contributed by atoms with E-state index in [1.165, 1.54) is 27.8 Å². The zero-order valence-electron chi connectivity index (χ0n) is 21.5. The van der Waals surface area contributed by atoms with Crippen LogP contribution in [-0.4, -0.2) is 62.4 Å². The number of morpholine rings is 1. The van der Waals surface area contributed by atoms with Crippen molar-refractivity contribution in [1.82, 2.24) is 14.9 Å². The first kappa shape index (κ1) is 28.5. The van der Waals surface area contributed by atoms with Crippen LogP contribution in [0.2, 0.25) is 5.02 Å². The molecule has 11 heteroatoms. The van der Waals surface area contributed by atoms with Crippen LogP contribution < -0.4 is 10.6 Å². The van der Waals surface area contributed by atoms with Crippen LogP contribution in [0.5, 0.6) is 0 Å². The van der Waals surface area contributed by atoms with Gasteiger partial charge in [-0.3, -0.25) is 9.59 Å². The number of sulfonamides is 1. The minimum Gasteiger partial charge on any atom is -0.373 e. The molecule has 0 bridgehead atoms. The van der Waals surface area contributed by atoms with E-state index in [1.807, 2.05) is 44.2 Å². The van der Waals surface area contributed by atoms with E-state index < -0.39 is 22.2 Å². The lowest BCUT2D eigenvalue weighted by Crippen LogP contribution is -2.55. The largest absolute Gasteiger partial charge is 0.373 e. The van der Waals surface area contributed by atoms with Gasteiger partial charge in [-0.05, 0) is 61.0 Å². The predicted molar refractivity (Wildman–Crippen MR) is 150 cm³/mol. The van der Waals surface area contributed by atoms with E-state index >= 15 is 0 Å². The maximum absolute atomic E-state index is 13.2. The standard InChI is InChI=1S/C27H32ClN3O5S2/c1-17(2)12-23(30-27(33)25-13-19-6-4-5-7-24(19)37-25)26(32)29-14-21-15-31(18(3)16-36-21)38(34,35)22-10-8-20(28)9-11-22/h4-11,13,17-18,21,23H,12,14-16H2,1-3H3,(H,29,32)(H,30,33)/t18-,21?,23+/m1/s1. The molecule has 8 nitrogen and oxygen atoms in total. The van der Waals surface area contributed by atoms with Gasteiger partial charge in [-0.2, -0.15) is 4.31 Å². The number of carbonyl (C=O) groups is 2. The van der Waals surface area contributed by atoms with Gasteiger partial charge in [0.2, 0.25) is 15.9 Å². The van der Waals surface area contributed by atoms with Crippen LogP contribution >= 0.6 is 22.9 Å². The van der Waals surface area contributed by atoms with Gasteiger partial charge in [0.1, 0.15) is 6.04 Å². The van der Waals surface area contributed by atoms with Gasteiger partial charge in [0, 0.05) is 28.9 Å². The van der Waals surface area contributed by atoms with Crippen molar-refractivity contribution in [3.8, 4) is 0 Å². The molecular weight excluding hydrogens is 546 g/mol. The summed E-state index contributed by atoms with van der Waals surface area (Å²) in [7, 11) is -3.76. The highest BCUT2D eigenvalue weighted by atomic mass is 35.5. The van der Waals surface area contributed by atoms with Crippen LogP contribution in [0.1, 0.15) is 36.9 Å². The zero-order chi connectivity index (χ0) is 27.4. The molecule has 3 atom stereocenters. The molecule has 0 spiro atoms. The van der Waals surface area contributed by atoms with E-state index in [2.05, 4.69) is 10.6 Å². The Bertz CT molecular complexity index is 1360. The third-order valence-electron chi connectivity index (χ3n) is 6.35. The van der Waals surface area contributed by atoms with Gasteiger partial charge in [0.15, 0.2) is 0 Å². The minimum absolute atomic E-state index is 0.0927. The number of benzene rings is 2. The number of carbonyl (C=O) groups excluding carboxylic acids is 2.